The van der Waals surface area contributed by atoms with Crippen LogP contribution in [0, 0.1) is 18.3 Å². The van der Waals surface area contributed by atoms with Gasteiger partial charge in [0.1, 0.15) is 6.07 Å². The molecule has 1 aromatic carbocycles. The molecule has 17 heavy (non-hydrogen) atoms. The number of benzene rings is 1. The highest BCUT2D eigenvalue weighted by Gasteiger charge is 1.99. The molecular formula is C15H16N2. The first kappa shape index (κ1) is 12.9. The van der Waals surface area contributed by atoms with Crippen LogP contribution in [0.4, 0.5) is 0 Å². The largest absolute Gasteiger partial charge is 0.263 e. The van der Waals surface area contributed by atoms with Crippen molar-refractivity contribution < 1.29 is 0 Å². The summed E-state index contributed by atoms with van der Waals surface area (Å²) in [5, 5.41) is 8.77. The fraction of sp³-hybridized carbons (Fsp3) is 0.200. The van der Waals surface area contributed by atoms with Gasteiger partial charge in [0.25, 0.3) is 0 Å². The van der Waals surface area contributed by atoms with Crippen LogP contribution in [0.15, 0.2) is 42.7 Å². The third kappa shape index (κ3) is 3.42. The monoisotopic (exact) mass is 224 g/mol. The van der Waals surface area contributed by atoms with E-state index in [9.17, 15) is 0 Å². The molecule has 2 aromatic rings. The Morgan fingerprint density at radius 2 is 1.82 bits per heavy atom. The highest BCUT2D eigenvalue weighted by molar-refractivity contribution is 5.64. The summed E-state index contributed by atoms with van der Waals surface area (Å²) >= 11 is 0. The molecule has 2 nitrogen and oxygen atoms in total. The van der Waals surface area contributed by atoms with Crippen molar-refractivity contribution in [2.24, 2.45) is 0 Å². The van der Waals surface area contributed by atoms with Gasteiger partial charge in [0.2, 0.25) is 0 Å². The number of nitrogens with zero attached hydrogens (tertiary/aromatic N) is 2. The van der Waals surface area contributed by atoms with Gasteiger partial charge in [0.15, 0.2) is 0 Å². The fourth-order valence-electron chi connectivity index (χ4n) is 1.48. The van der Waals surface area contributed by atoms with Crippen molar-refractivity contribution in [3.05, 3.63) is 53.9 Å². The smallest absolute Gasteiger partial charge is 0.101 e. The minimum Gasteiger partial charge on any atom is -0.263 e. The normalized spacial score (nSPS) is 8.82. The van der Waals surface area contributed by atoms with E-state index >= 15 is 0 Å². The topological polar surface area (TPSA) is 36.7 Å². The van der Waals surface area contributed by atoms with Crippen LogP contribution < -0.4 is 0 Å². The van der Waals surface area contributed by atoms with E-state index in [4.69, 9.17) is 5.26 Å². The predicted octanol–water partition coefficient (Wildman–Crippen LogP) is 3.95. The highest BCUT2D eigenvalue weighted by Crippen LogP contribution is 2.19. The van der Waals surface area contributed by atoms with Gasteiger partial charge in [-0.1, -0.05) is 43.7 Å². The zero-order valence-corrected chi connectivity index (χ0v) is 10.4. The van der Waals surface area contributed by atoms with Gasteiger partial charge >= 0.3 is 0 Å². The third-order valence-electron chi connectivity index (χ3n) is 2.22. The highest BCUT2D eigenvalue weighted by atomic mass is 14.6. The number of hydrogen-bond acceptors (Lipinski definition) is 2. The second kappa shape index (κ2) is 6.44. The van der Waals surface area contributed by atoms with Crippen LogP contribution >= 0.6 is 0 Å². The number of aryl methyl sites for hydroxylation is 1. The maximum atomic E-state index is 8.77. The molecule has 1 heterocycles. The van der Waals surface area contributed by atoms with Crippen LogP contribution in [0.2, 0.25) is 0 Å². The molecular weight excluding hydrogens is 208 g/mol. The van der Waals surface area contributed by atoms with Gasteiger partial charge in [-0.3, -0.25) is 4.98 Å². The first-order valence-corrected chi connectivity index (χ1v) is 5.72. The summed E-state index contributed by atoms with van der Waals surface area (Å²) < 4.78 is 0. The van der Waals surface area contributed by atoms with Crippen molar-refractivity contribution in [2.75, 3.05) is 0 Å². The van der Waals surface area contributed by atoms with Crippen LogP contribution in [-0.4, -0.2) is 4.98 Å². The molecule has 0 aliphatic rings. The molecule has 0 aliphatic carbocycles. The maximum absolute atomic E-state index is 8.77. The van der Waals surface area contributed by atoms with E-state index in [1.807, 2.05) is 45.0 Å². The molecule has 0 saturated carbocycles. The zero-order valence-electron chi connectivity index (χ0n) is 10.4. The molecule has 86 valence electrons. The van der Waals surface area contributed by atoms with Crippen LogP contribution in [-0.2, 0) is 0 Å². The Morgan fingerprint density at radius 1 is 1.06 bits per heavy atom. The standard InChI is InChI=1S/C13H10N2.C2H6/c1-10-3-2-4-12(5-10)13-6-11(7-14)8-15-9-13;1-2/h2-6,8-9H,1H3;1-2H3. The molecule has 0 N–H and O–H groups in total. The van der Waals surface area contributed by atoms with E-state index in [0.29, 0.717) is 5.56 Å². The first-order valence-electron chi connectivity index (χ1n) is 5.72. The second-order valence-electron chi connectivity index (χ2n) is 3.44. The van der Waals surface area contributed by atoms with E-state index in [1.54, 1.807) is 12.4 Å². The maximum Gasteiger partial charge on any atom is 0.101 e. The Balaban J connectivity index is 0.000000686. The number of nitriles is 1. The SMILES string of the molecule is CC.Cc1cccc(-c2cncc(C#N)c2)c1. The van der Waals surface area contributed by atoms with Crippen molar-refractivity contribution in [1.29, 1.82) is 5.26 Å². The number of hydrogen-bond donors (Lipinski definition) is 0. The summed E-state index contributed by atoms with van der Waals surface area (Å²) in [7, 11) is 0. The van der Waals surface area contributed by atoms with Crippen LogP contribution in [0.1, 0.15) is 25.0 Å². The molecule has 0 atom stereocenters. The predicted molar refractivity (Wildman–Crippen MR) is 70.5 cm³/mol. The van der Waals surface area contributed by atoms with Gasteiger partial charge in [0, 0.05) is 18.0 Å². The molecule has 0 amide bonds. The average Bonchev–Trinajstić information content (AvgIpc) is 2.41. The Morgan fingerprint density at radius 3 is 2.47 bits per heavy atom. The first-order chi connectivity index (χ1) is 8.29. The molecule has 0 spiro atoms. The lowest BCUT2D eigenvalue weighted by Crippen LogP contribution is -1.83. The summed E-state index contributed by atoms with van der Waals surface area (Å²) in [6, 6.07) is 12.1. The van der Waals surface area contributed by atoms with Crippen molar-refractivity contribution in [3.8, 4) is 17.2 Å². The summed E-state index contributed by atoms with van der Waals surface area (Å²) in [5.41, 5.74) is 3.88. The van der Waals surface area contributed by atoms with Gasteiger partial charge in [-0.05, 0) is 18.6 Å². The summed E-state index contributed by atoms with van der Waals surface area (Å²) in [6.45, 7) is 6.05. The Kier molecular flexibility index (Phi) is 4.90. The molecule has 0 unspecified atom stereocenters. The minimum atomic E-state index is 0.592. The number of pyridine rings is 1. The lowest BCUT2D eigenvalue weighted by Gasteiger charge is -2.02. The zero-order chi connectivity index (χ0) is 12.7. The Bertz CT molecular complexity index is 524. The van der Waals surface area contributed by atoms with Crippen LogP contribution in [0.3, 0.4) is 0 Å². The summed E-state index contributed by atoms with van der Waals surface area (Å²) in [4.78, 5) is 4.04. The van der Waals surface area contributed by atoms with Crippen molar-refractivity contribution in [3.63, 3.8) is 0 Å². The fourth-order valence-corrected chi connectivity index (χ4v) is 1.48. The van der Waals surface area contributed by atoms with E-state index in [0.717, 1.165) is 11.1 Å². The molecule has 0 fully saturated rings. The number of aromatic nitrogens is 1. The average molecular weight is 224 g/mol. The molecule has 0 radical (unpaired) electrons. The lowest BCUT2D eigenvalue weighted by atomic mass is 10.0. The van der Waals surface area contributed by atoms with Crippen molar-refractivity contribution in [2.45, 2.75) is 20.8 Å². The molecule has 2 rings (SSSR count). The molecule has 0 aliphatic heterocycles. The molecule has 0 saturated heterocycles. The quantitative estimate of drug-likeness (QED) is 0.735. The van der Waals surface area contributed by atoms with Gasteiger partial charge in [0.05, 0.1) is 5.56 Å². The summed E-state index contributed by atoms with van der Waals surface area (Å²) in [6.07, 6.45) is 3.34. The van der Waals surface area contributed by atoms with Crippen molar-refractivity contribution in [1.82, 2.24) is 4.98 Å². The Hall–Kier alpha value is -2.14. The van der Waals surface area contributed by atoms with Gasteiger partial charge in [-0.15, -0.1) is 0 Å². The molecule has 2 heteroatoms. The third-order valence-corrected chi connectivity index (χ3v) is 2.22. The molecule has 1 aromatic heterocycles. The van der Waals surface area contributed by atoms with E-state index < -0.39 is 0 Å². The van der Waals surface area contributed by atoms with E-state index in [1.165, 1.54) is 5.56 Å². The minimum absolute atomic E-state index is 0.592. The van der Waals surface area contributed by atoms with Gasteiger partial charge < -0.3 is 0 Å². The van der Waals surface area contributed by atoms with Gasteiger partial charge in [-0.2, -0.15) is 5.26 Å². The van der Waals surface area contributed by atoms with Crippen LogP contribution in [0.25, 0.3) is 11.1 Å². The molecule has 0 bridgehead atoms. The number of rotatable bonds is 1. The lowest BCUT2D eigenvalue weighted by molar-refractivity contribution is 1.30. The van der Waals surface area contributed by atoms with E-state index in [-0.39, 0.29) is 0 Å². The van der Waals surface area contributed by atoms with E-state index in [2.05, 4.69) is 17.1 Å². The second-order valence-corrected chi connectivity index (χ2v) is 3.44. The van der Waals surface area contributed by atoms with Gasteiger partial charge in [-0.25, -0.2) is 0 Å². The summed E-state index contributed by atoms with van der Waals surface area (Å²) in [5.74, 6) is 0. The van der Waals surface area contributed by atoms with Crippen molar-refractivity contribution >= 4 is 0 Å². The van der Waals surface area contributed by atoms with Crippen LogP contribution in [0.5, 0.6) is 0 Å². The Labute approximate surface area is 103 Å².